The average Bonchev–Trinajstić information content (AvgIpc) is 2.76. The SMILES string of the molecule is NCC1CCN(c2ccc(Cl)c(C(F)(F)F)c2)C1. The molecule has 0 bridgehead atoms. The lowest BCUT2D eigenvalue weighted by Crippen LogP contribution is -2.23. The molecule has 0 radical (unpaired) electrons. The lowest BCUT2D eigenvalue weighted by atomic mass is 10.1. The summed E-state index contributed by atoms with van der Waals surface area (Å²) in [4.78, 5) is 1.92. The first-order valence-corrected chi connectivity index (χ1v) is 6.11. The minimum absolute atomic E-state index is 0.263. The minimum Gasteiger partial charge on any atom is -0.371 e. The predicted octanol–water partition coefficient (Wildman–Crippen LogP) is 3.14. The largest absolute Gasteiger partial charge is 0.417 e. The fourth-order valence-electron chi connectivity index (χ4n) is 2.19. The first kappa shape index (κ1) is 13.5. The number of hydrogen-bond donors (Lipinski definition) is 1. The lowest BCUT2D eigenvalue weighted by Gasteiger charge is -2.20. The number of alkyl halides is 3. The fourth-order valence-corrected chi connectivity index (χ4v) is 2.41. The Morgan fingerprint density at radius 3 is 2.67 bits per heavy atom. The van der Waals surface area contributed by atoms with Crippen LogP contribution in [0.25, 0.3) is 0 Å². The topological polar surface area (TPSA) is 29.3 Å². The van der Waals surface area contributed by atoms with Crippen molar-refractivity contribution in [2.24, 2.45) is 11.7 Å². The lowest BCUT2D eigenvalue weighted by molar-refractivity contribution is -0.137. The van der Waals surface area contributed by atoms with Crippen LogP contribution in [-0.4, -0.2) is 19.6 Å². The molecule has 0 amide bonds. The molecule has 1 fully saturated rings. The molecule has 6 heteroatoms. The minimum atomic E-state index is -4.42. The van der Waals surface area contributed by atoms with Gasteiger partial charge in [-0.05, 0) is 37.1 Å². The van der Waals surface area contributed by atoms with Gasteiger partial charge in [-0.2, -0.15) is 13.2 Å². The van der Waals surface area contributed by atoms with E-state index in [0.29, 0.717) is 24.7 Å². The van der Waals surface area contributed by atoms with Gasteiger partial charge in [-0.3, -0.25) is 0 Å². The molecule has 0 spiro atoms. The van der Waals surface area contributed by atoms with E-state index in [1.54, 1.807) is 6.07 Å². The van der Waals surface area contributed by atoms with Crippen molar-refractivity contribution in [2.45, 2.75) is 12.6 Å². The van der Waals surface area contributed by atoms with Gasteiger partial charge in [0, 0.05) is 18.8 Å². The van der Waals surface area contributed by atoms with E-state index in [9.17, 15) is 13.2 Å². The third-order valence-corrected chi connectivity index (χ3v) is 3.57. The molecule has 1 aromatic rings. The third kappa shape index (κ3) is 2.72. The van der Waals surface area contributed by atoms with Crippen molar-refractivity contribution in [2.75, 3.05) is 24.5 Å². The number of rotatable bonds is 2. The molecule has 100 valence electrons. The van der Waals surface area contributed by atoms with E-state index in [-0.39, 0.29) is 5.02 Å². The van der Waals surface area contributed by atoms with Crippen LogP contribution in [-0.2, 0) is 6.18 Å². The first-order valence-electron chi connectivity index (χ1n) is 5.73. The Morgan fingerprint density at radius 2 is 2.11 bits per heavy atom. The summed E-state index contributed by atoms with van der Waals surface area (Å²) in [6.07, 6.45) is -3.50. The maximum absolute atomic E-state index is 12.7. The van der Waals surface area contributed by atoms with Crippen LogP contribution in [0, 0.1) is 5.92 Å². The predicted molar refractivity (Wildman–Crippen MR) is 65.8 cm³/mol. The van der Waals surface area contributed by atoms with E-state index in [0.717, 1.165) is 19.0 Å². The standard InChI is InChI=1S/C12H14ClF3N2/c13-11-2-1-9(5-10(11)12(14,15)16)18-4-3-8(6-17)7-18/h1-2,5,8H,3-4,6-7,17H2. The highest BCUT2D eigenvalue weighted by Gasteiger charge is 2.34. The van der Waals surface area contributed by atoms with Crippen LogP contribution in [0.2, 0.25) is 5.02 Å². The maximum Gasteiger partial charge on any atom is 0.417 e. The number of benzene rings is 1. The number of hydrogen-bond acceptors (Lipinski definition) is 2. The van der Waals surface area contributed by atoms with Gasteiger partial charge in [0.25, 0.3) is 0 Å². The molecule has 1 aliphatic rings. The quantitative estimate of drug-likeness (QED) is 0.900. The Hall–Kier alpha value is -0.940. The van der Waals surface area contributed by atoms with Crippen molar-refractivity contribution < 1.29 is 13.2 Å². The molecule has 1 aliphatic heterocycles. The highest BCUT2D eigenvalue weighted by atomic mass is 35.5. The summed E-state index contributed by atoms with van der Waals surface area (Å²) in [7, 11) is 0. The molecule has 1 aromatic carbocycles. The van der Waals surface area contributed by atoms with Crippen molar-refractivity contribution in [1.82, 2.24) is 0 Å². The summed E-state index contributed by atoms with van der Waals surface area (Å²) in [5.41, 5.74) is 5.35. The van der Waals surface area contributed by atoms with E-state index in [4.69, 9.17) is 17.3 Å². The third-order valence-electron chi connectivity index (χ3n) is 3.24. The highest BCUT2D eigenvalue weighted by molar-refractivity contribution is 6.31. The number of nitrogens with zero attached hydrogens (tertiary/aromatic N) is 1. The molecule has 0 aliphatic carbocycles. The normalized spacial score (nSPS) is 20.5. The number of anilines is 1. The van der Waals surface area contributed by atoms with Crippen molar-refractivity contribution in [1.29, 1.82) is 0 Å². The van der Waals surface area contributed by atoms with Gasteiger partial charge >= 0.3 is 6.18 Å². The first-order chi connectivity index (χ1) is 8.41. The van der Waals surface area contributed by atoms with Gasteiger partial charge in [0.05, 0.1) is 10.6 Å². The molecule has 2 N–H and O–H groups in total. The van der Waals surface area contributed by atoms with E-state index < -0.39 is 11.7 Å². The number of halogens is 4. The van der Waals surface area contributed by atoms with Gasteiger partial charge in [-0.25, -0.2) is 0 Å². The number of nitrogens with two attached hydrogens (primary N) is 1. The van der Waals surface area contributed by atoms with E-state index in [1.165, 1.54) is 6.07 Å². The van der Waals surface area contributed by atoms with Crippen LogP contribution in [0.1, 0.15) is 12.0 Å². The van der Waals surface area contributed by atoms with Crippen molar-refractivity contribution >= 4 is 17.3 Å². The Bertz CT molecular complexity index is 434. The summed E-state index contributed by atoms with van der Waals surface area (Å²) in [6.45, 7) is 2.01. The summed E-state index contributed by atoms with van der Waals surface area (Å²) in [5, 5.41) is -0.263. The molecule has 0 saturated carbocycles. The summed E-state index contributed by atoms with van der Waals surface area (Å²) >= 11 is 5.58. The van der Waals surface area contributed by atoms with Crippen LogP contribution in [0.15, 0.2) is 18.2 Å². The Labute approximate surface area is 109 Å². The molecule has 18 heavy (non-hydrogen) atoms. The van der Waals surface area contributed by atoms with Crippen molar-refractivity contribution in [3.05, 3.63) is 28.8 Å². The van der Waals surface area contributed by atoms with Gasteiger partial charge in [0.2, 0.25) is 0 Å². The highest BCUT2D eigenvalue weighted by Crippen LogP contribution is 2.37. The second-order valence-corrected chi connectivity index (χ2v) is 4.91. The average molecular weight is 279 g/mol. The molecule has 1 heterocycles. The molecule has 1 atom stereocenters. The Kier molecular flexibility index (Phi) is 3.73. The van der Waals surface area contributed by atoms with Crippen LogP contribution in [0.5, 0.6) is 0 Å². The zero-order chi connectivity index (χ0) is 13.3. The fraction of sp³-hybridized carbons (Fsp3) is 0.500. The van der Waals surface area contributed by atoms with Crippen molar-refractivity contribution in [3.8, 4) is 0 Å². The second-order valence-electron chi connectivity index (χ2n) is 4.50. The van der Waals surface area contributed by atoms with E-state index >= 15 is 0 Å². The molecule has 1 saturated heterocycles. The zero-order valence-electron chi connectivity index (χ0n) is 9.67. The van der Waals surface area contributed by atoms with Crippen LogP contribution in [0.4, 0.5) is 18.9 Å². The second kappa shape index (κ2) is 4.97. The smallest absolute Gasteiger partial charge is 0.371 e. The van der Waals surface area contributed by atoms with Crippen molar-refractivity contribution in [3.63, 3.8) is 0 Å². The molecule has 2 nitrogen and oxygen atoms in total. The zero-order valence-corrected chi connectivity index (χ0v) is 10.4. The van der Waals surface area contributed by atoms with Gasteiger partial charge in [0.1, 0.15) is 0 Å². The molecular formula is C12H14ClF3N2. The maximum atomic E-state index is 12.7. The molecule has 1 unspecified atom stereocenters. The molecule has 0 aromatic heterocycles. The van der Waals surface area contributed by atoms with Crippen LogP contribution >= 0.6 is 11.6 Å². The summed E-state index contributed by atoms with van der Waals surface area (Å²) in [6, 6.07) is 4.03. The Morgan fingerprint density at radius 1 is 1.39 bits per heavy atom. The van der Waals surface area contributed by atoms with Crippen LogP contribution in [0.3, 0.4) is 0 Å². The van der Waals surface area contributed by atoms with Gasteiger partial charge in [0.15, 0.2) is 0 Å². The van der Waals surface area contributed by atoms with Gasteiger partial charge in [-0.15, -0.1) is 0 Å². The summed E-state index contributed by atoms with van der Waals surface area (Å²) < 4.78 is 38.2. The summed E-state index contributed by atoms with van der Waals surface area (Å²) in [5.74, 6) is 0.356. The van der Waals surface area contributed by atoms with Gasteiger partial charge in [-0.1, -0.05) is 11.6 Å². The van der Waals surface area contributed by atoms with Crippen LogP contribution < -0.4 is 10.6 Å². The Balaban J connectivity index is 2.25. The molecule has 2 rings (SSSR count). The van der Waals surface area contributed by atoms with E-state index in [1.807, 2.05) is 4.90 Å². The molecular weight excluding hydrogens is 265 g/mol. The van der Waals surface area contributed by atoms with E-state index in [2.05, 4.69) is 0 Å². The van der Waals surface area contributed by atoms with Gasteiger partial charge < -0.3 is 10.6 Å². The monoisotopic (exact) mass is 278 g/mol.